The molecule has 1 aromatic carbocycles. The first-order valence-corrected chi connectivity index (χ1v) is 4.98. The molecule has 2 heteroatoms. The molecule has 0 saturated heterocycles. The van der Waals surface area contributed by atoms with E-state index in [-0.39, 0.29) is 0 Å². The van der Waals surface area contributed by atoms with Crippen molar-refractivity contribution in [1.82, 2.24) is 0 Å². The zero-order valence-electron chi connectivity index (χ0n) is 8.86. The number of hydrogen-bond donors (Lipinski definition) is 0. The molecule has 0 aliphatic carbocycles. The van der Waals surface area contributed by atoms with Gasteiger partial charge in [0.2, 0.25) is 0 Å². The zero-order valence-corrected chi connectivity index (χ0v) is 8.86. The maximum absolute atomic E-state index is 5.21. The smallest absolute Gasteiger partial charge is 0.0661 e. The second-order valence-corrected chi connectivity index (χ2v) is 3.03. The van der Waals surface area contributed by atoms with Crippen LogP contribution in [0.15, 0.2) is 35.3 Å². The van der Waals surface area contributed by atoms with E-state index in [0.29, 0.717) is 6.61 Å². The normalized spacial score (nSPS) is 11.7. The number of hydrogen-bond acceptors (Lipinski definition) is 2. The predicted octanol–water partition coefficient (Wildman–Crippen LogP) is 2.53. The Hall–Kier alpha value is -1.15. The van der Waals surface area contributed by atoms with Gasteiger partial charge in [0.05, 0.1) is 13.2 Å². The Morgan fingerprint density at radius 3 is 2.64 bits per heavy atom. The zero-order chi connectivity index (χ0) is 10.2. The summed E-state index contributed by atoms with van der Waals surface area (Å²) in [6.45, 7) is 6.24. The molecule has 0 spiro atoms. The molecular formula is C12H17NO. The van der Waals surface area contributed by atoms with E-state index in [9.17, 15) is 0 Å². The van der Waals surface area contributed by atoms with Crippen LogP contribution in [0.5, 0.6) is 0 Å². The van der Waals surface area contributed by atoms with Crippen LogP contribution < -0.4 is 0 Å². The van der Waals surface area contributed by atoms with Crippen molar-refractivity contribution in [3.05, 3.63) is 35.9 Å². The quantitative estimate of drug-likeness (QED) is 0.517. The van der Waals surface area contributed by atoms with Crippen LogP contribution in [0, 0.1) is 0 Å². The summed E-state index contributed by atoms with van der Waals surface area (Å²) in [6.07, 6.45) is 0. The molecule has 0 saturated carbocycles. The molecular weight excluding hydrogens is 174 g/mol. The second-order valence-electron chi connectivity index (χ2n) is 3.03. The molecule has 2 nitrogen and oxygen atoms in total. The lowest BCUT2D eigenvalue weighted by Gasteiger charge is -2.01. The monoisotopic (exact) mass is 191 g/mol. The molecule has 0 bridgehead atoms. The van der Waals surface area contributed by atoms with Crippen LogP contribution in [0.4, 0.5) is 0 Å². The molecule has 76 valence electrons. The molecule has 0 amide bonds. The summed E-state index contributed by atoms with van der Waals surface area (Å²) in [6, 6.07) is 10.2. The SMILES string of the molecule is CCOCC/N=C(\C)c1ccccc1. The van der Waals surface area contributed by atoms with Gasteiger partial charge >= 0.3 is 0 Å². The first-order chi connectivity index (χ1) is 6.84. The fraction of sp³-hybridized carbons (Fsp3) is 0.417. The third kappa shape index (κ3) is 3.71. The molecule has 0 aliphatic heterocycles. The summed E-state index contributed by atoms with van der Waals surface area (Å²) in [7, 11) is 0. The number of benzene rings is 1. The largest absolute Gasteiger partial charge is 0.380 e. The van der Waals surface area contributed by atoms with Gasteiger partial charge in [0, 0.05) is 12.3 Å². The van der Waals surface area contributed by atoms with Crippen LogP contribution in [0.3, 0.4) is 0 Å². The van der Waals surface area contributed by atoms with E-state index >= 15 is 0 Å². The number of ether oxygens (including phenoxy) is 1. The van der Waals surface area contributed by atoms with E-state index in [1.54, 1.807) is 0 Å². The number of nitrogens with zero attached hydrogens (tertiary/aromatic N) is 1. The molecule has 0 heterocycles. The summed E-state index contributed by atoms with van der Waals surface area (Å²) in [4.78, 5) is 4.42. The van der Waals surface area contributed by atoms with Gasteiger partial charge in [0.25, 0.3) is 0 Å². The van der Waals surface area contributed by atoms with E-state index in [1.165, 1.54) is 5.56 Å². The lowest BCUT2D eigenvalue weighted by Crippen LogP contribution is -2.01. The Labute approximate surface area is 85.6 Å². The summed E-state index contributed by atoms with van der Waals surface area (Å²) >= 11 is 0. The van der Waals surface area contributed by atoms with E-state index in [2.05, 4.69) is 17.1 Å². The maximum atomic E-state index is 5.21. The molecule has 14 heavy (non-hydrogen) atoms. The molecule has 1 rings (SSSR count). The van der Waals surface area contributed by atoms with Crippen molar-refractivity contribution < 1.29 is 4.74 Å². The fourth-order valence-electron chi connectivity index (χ4n) is 1.19. The standard InChI is InChI=1S/C12H17NO/c1-3-14-10-9-13-11(2)12-7-5-4-6-8-12/h4-8H,3,9-10H2,1-2H3/b13-11+. The van der Waals surface area contributed by atoms with Gasteiger partial charge < -0.3 is 4.74 Å². The van der Waals surface area contributed by atoms with Crippen LogP contribution in [0.2, 0.25) is 0 Å². The highest BCUT2D eigenvalue weighted by Gasteiger charge is 1.93. The molecule has 0 unspecified atom stereocenters. The highest BCUT2D eigenvalue weighted by atomic mass is 16.5. The van der Waals surface area contributed by atoms with Gasteiger partial charge in [-0.15, -0.1) is 0 Å². The van der Waals surface area contributed by atoms with Gasteiger partial charge in [-0.1, -0.05) is 30.3 Å². The minimum atomic E-state index is 0.709. The van der Waals surface area contributed by atoms with Crippen LogP contribution in [-0.4, -0.2) is 25.5 Å². The molecule has 0 N–H and O–H groups in total. The fourth-order valence-corrected chi connectivity index (χ4v) is 1.19. The minimum absolute atomic E-state index is 0.709. The van der Waals surface area contributed by atoms with Gasteiger partial charge in [-0.2, -0.15) is 0 Å². The van der Waals surface area contributed by atoms with Crippen LogP contribution in [0.1, 0.15) is 19.4 Å². The third-order valence-corrected chi connectivity index (χ3v) is 1.98. The lowest BCUT2D eigenvalue weighted by atomic mass is 10.1. The number of rotatable bonds is 5. The Balaban J connectivity index is 2.44. The van der Waals surface area contributed by atoms with E-state index in [1.807, 2.05) is 32.0 Å². The van der Waals surface area contributed by atoms with Crippen molar-refractivity contribution in [2.24, 2.45) is 4.99 Å². The predicted molar refractivity (Wildman–Crippen MR) is 60.0 cm³/mol. The van der Waals surface area contributed by atoms with Crippen LogP contribution in [-0.2, 0) is 4.74 Å². The Bertz CT molecular complexity index is 280. The van der Waals surface area contributed by atoms with E-state index in [4.69, 9.17) is 4.74 Å². The van der Waals surface area contributed by atoms with Crippen molar-refractivity contribution in [3.63, 3.8) is 0 Å². The van der Waals surface area contributed by atoms with Crippen molar-refractivity contribution in [1.29, 1.82) is 0 Å². The van der Waals surface area contributed by atoms with Crippen LogP contribution in [0.25, 0.3) is 0 Å². The van der Waals surface area contributed by atoms with Gasteiger partial charge in [-0.25, -0.2) is 0 Å². The molecule has 0 fully saturated rings. The molecule has 0 atom stereocenters. The molecule has 0 radical (unpaired) electrons. The van der Waals surface area contributed by atoms with Gasteiger partial charge in [0.15, 0.2) is 0 Å². The second kappa shape index (κ2) is 6.33. The summed E-state index contributed by atoms with van der Waals surface area (Å²) < 4.78 is 5.21. The summed E-state index contributed by atoms with van der Waals surface area (Å²) in [5.74, 6) is 0. The Morgan fingerprint density at radius 2 is 2.00 bits per heavy atom. The average Bonchev–Trinajstić information content (AvgIpc) is 2.25. The van der Waals surface area contributed by atoms with Crippen molar-refractivity contribution in [3.8, 4) is 0 Å². The first kappa shape index (κ1) is 10.9. The first-order valence-electron chi connectivity index (χ1n) is 4.98. The van der Waals surface area contributed by atoms with Crippen molar-refractivity contribution in [2.45, 2.75) is 13.8 Å². The molecule has 0 aromatic heterocycles. The summed E-state index contributed by atoms with van der Waals surface area (Å²) in [5, 5.41) is 0. The van der Waals surface area contributed by atoms with Gasteiger partial charge in [-0.3, -0.25) is 4.99 Å². The highest BCUT2D eigenvalue weighted by Crippen LogP contribution is 2.00. The Morgan fingerprint density at radius 1 is 1.29 bits per heavy atom. The topological polar surface area (TPSA) is 21.6 Å². The van der Waals surface area contributed by atoms with Crippen LogP contribution >= 0.6 is 0 Å². The average molecular weight is 191 g/mol. The van der Waals surface area contributed by atoms with E-state index < -0.39 is 0 Å². The van der Waals surface area contributed by atoms with Gasteiger partial charge in [0.1, 0.15) is 0 Å². The highest BCUT2D eigenvalue weighted by molar-refractivity contribution is 5.98. The van der Waals surface area contributed by atoms with Crippen molar-refractivity contribution in [2.75, 3.05) is 19.8 Å². The molecule has 0 aliphatic rings. The lowest BCUT2D eigenvalue weighted by molar-refractivity contribution is 0.156. The maximum Gasteiger partial charge on any atom is 0.0661 e. The summed E-state index contributed by atoms with van der Waals surface area (Å²) in [5.41, 5.74) is 2.26. The minimum Gasteiger partial charge on any atom is -0.380 e. The number of aliphatic imine (C=N–C) groups is 1. The third-order valence-electron chi connectivity index (χ3n) is 1.98. The molecule has 1 aromatic rings. The van der Waals surface area contributed by atoms with Crippen molar-refractivity contribution >= 4 is 5.71 Å². The Kier molecular flexibility index (Phi) is 4.94. The van der Waals surface area contributed by atoms with Gasteiger partial charge in [-0.05, 0) is 19.4 Å². The van der Waals surface area contributed by atoms with E-state index in [0.717, 1.165) is 18.9 Å².